The van der Waals surface area contributed by atoms with E-state index in [2.05, 4.69) is 9.88 Å². The van der Waals surface area contributed by atoms with Crippen LogP contribution in [0, 0.1) is 0 Å². The van der Waals surface area contributed by atoms with E-state index in [0.717, 1.165) is 42.9 Å². The highest BCUT2D eigenvalue weighted by molar-refractivity contribution is 5.72. The molecule has 2 heterocycles. The maximum absolute atomic E-state index is 10.0. The summed E-state index contributed by atoms with van der Waals surface area (Å²) in [5, 5.41) is 10.0. The first-order valence-corrected chi connectivity index (χ1v) is 8.49. The smallest absolute Gasteiger partial charge is 0.198 e. The van der Waals surface area contributed by atoms with Gasteiger partial charge in [0.1, 0.15) is 5.52 Å². The van der Waals surface area contributed by atoms with Gasteiger partial charge in [-0.1, -0.05) is 12.1 Å². The molecule has 1 N–H and O–H groups in total. The first-order chi connectivity index (χ1) is 11.1. The van der Waals surface area contributed by atoms with E-state index in [0.29, 0.717) is 19.1 Å². The second kappa shape index (κ2) is 7.43. The quantitative estimate of drug-likeness (QED) is 0.887. The Morgan fingerprint density at radius 1 is 1.30 bits per heavy atom. The summed E-state index contributed by atoms with van der Waals surface area (Å²) in [5.41, 5.74) is 1.80. The third kappa shape index (κ3) is 4.31. The van der Waals surface area contributed by atoms with Crippen molar-refractivity contribution in [2.24, 2.45) is 0 Å². The van der Waals surface area contributed by atoms with Crippen molar-refractivity contribution in [1.29, 1.82) is 0 Å². The molecule has 2 aromatic rings. The molecule has 126 valence electrons. The Kier molecular flexibility index (Phi) is 5.30. The molecule has 0 spiro atoms. The van der Waals surface area contributed by atoms with Gasteiger partial charge >= 0.3 is 0 Å². The van der Waals surface area contributed by atoms with Crippen LogP contribution in [0.1, 0.15) is 38.5 Å². The van der Waals surface area contributed by atoms with Gasteiger partial charge < -0.3 is 19.2 Å². The van der Waals surface area contributed by atoms with Crippen LogP contribution >= 0.6 is 0 Å². The molecule has 0 bridgehead atoms. The number of piperidine rings is 1. The van der Waals surface area contributed by atoms with E-state index >= 15 is 0 Å². The van der Waals surface area contributed by atoms with E-state index in [-0.39, 0.29) is 6.10 Å². The molecular weight excluding hydrogens is 292 g/mol. The van der Waals surface area contributed by atoms with Crippen molar-refractivity contribution in [3.8, 4) is 0 Å². The highest BCUT2D eigenvalue weighted by atomic mass is 16.5. The van der Waals surface area contributed by atoms with Crippen molar-refractivity contribution in [1.82, 2.24) is 9.88 Å². The van der Waals surface area contributed by atoms with Crippen LogP contribution in [0.4, 0.5) is 0 Å². The minimum atomic E-state index is -0.418. The number of rotatable bonds is 6. The van der Waals surface area contributed by atoms with Crippen LogP contribution in [-0.4, -0.2) is 53.4 Å². The topological polar surface area (TPSA) is 58.7 Å². The van der Waals surface area contributed by atoms with Gasteiger partial charge in [0.15, 0.2) is 11.5 Å². The Morgan fingerprint density at radius 2 is 2.04 bits per heavy atom. The second-order valence-corrected chi connectivity index (χ2v) is 6.63. The van der Waals surface area contributed by atoms with Crippen LogP contribution in [-0.2, 0) is 4.74 Å². The van der Waals surface area contributed by atoms with Crippen LogP contribution in [0.5, 0.6) is 0 Å². The SMILES string of the molecule is CC(C)OCC(O)CN1CCC(c2nc3ccccc3o2)CC1. The maximum Gasteiger partial charge on any atom is 0.198 e. The molecule has 23 heavy (non-hydrogen) atoms. The molecule has 1 atom stereocenters. The number of β-amino-alcohol motifs (C(OH)–C–C–N with tert-alkyl or cyclic N) is 1. The van der Waals surface area contributed by atoms with Gasteiger partial charge in [-0.05, 0) is 51.9 Å². The Morgan fingerprint density at radius 3 is 2.74 bits per heavy atom. The summed E-state index contributed by atoms with van der Waals surface area (Å²) >= 11 is 0. The Bertz CT molecular complexity index is 585. The lowest BCUT2D eigenvalue weighted by molar-refractivity contribution is -0.0114. The van der Waals surface area contributed by atoms with E-state index in [1.807, 2.05) is 38.1 Å². The molecular formula is C18H26N2O3. The molecule has 3 rings (SSSR count). The molecule has 1 aromatic carbocycles. The van der Waals surface area contributed by atoms with Crippen molar-refractivity contribution in [2.75, 3.05) is 26.2 Å². The number of aromatic nitrogens is 1. The number of hydrogen-bond donors (Lipinski definition) is 1. The monoisotopic (exact) mass is 318 g/mol. The van der Waals surface area contributed by atoms with Gasteiger partial charge in [-0.15, -0.1) is 0 Å². The van der Waals surface area contributed by atoms with Gasteiger partial charge in [0, 0.05) is 12.5 Å². The summed E-state index contributed by atoms with van der Waals surface area (Å²) < 4.78 is 11.4. The molecule has 1 aliphatic rings. The standard InChI is InChI=1S/C18H26N2O3/c1-13(2)22-12-15(21)11-20-9-7-14(8-10-20)18-19-16-5-3-4-6-17(16)23-18/h3-6,13-15,21H,7-12H2,1-2H3. The fourth-order valence-electron chi connectivity index (χ4n) is 3.08. The van der Waals surface area contributed by atoms with Gasteiger partial charge in [0.25, 0.3) is 0 Å². The predicted octanol–water partition coefficient (Wildman–Crippen LogP) is 2.79. The fourth-order valence-corrected chi connectivity index (χ4v) is 3.08. The van der Waals surface area contributed by atoms with Crippen LogP contribution in [0.25, 0.3) is 11.1 Å². The average Bonchev–Trinajstić information content (AvgIpc) is 2.97. The minimum Gasteiger partial charge on any atom is -0.440 e. The summed E-state index contributed by atoms with van der Waals surface area (Å²) in [7, 11) is 0. The molecule has 0 saturated carbocycles. The molecule has 5 heteroatoms. The van der Waals surface area contributed by atoms with E-state index in [4.69, 9.17) is 9.15 Å². The van der Waals surface area contributed by atoms with Crippen LogP contribution in [0.2, 0.25) is 0 Å². The fraction of sp³-hybridized carbons (Fsp3) is 0.611. The lowest BCUT2D eigenvalue weighted by atomic mass is 9.96. The van der Waals surface area contributed by atoms with Gasteiger partial charge in [0.2, 0.25) is 0 Å². The third-order valence-corrected chi connectivity index (χ3v) is 4.34. The number of para-hydroxylation sites is 2. The predicted molar refractivity (Wildman–Crippen MR) is 89.5 cm³/mol. The van der Waals surface area contributed by atoms with Gasteiger partial charge in [-0.2, -0.15) is 0 Å². The Labute approximate surface area is 137 Å². The van der Waals surface area contributed by atoms with Gasteiger partial charge in [-0.25, -0.2) is 4.98 Å². The lowest BCUT2D eigenvalue weighted by Crippen LogP contribution is -2.40. The lowest BCUT2D eigenvalue weighted by Gasteiger charge is -2.32. The average molecular weight is 318 g/mol. The van der Waals surface area contributed by atoms with Gasteiger partial charge in [-0.3, -0.25) is 0 Å². The number of likely N-dealkylation sites (tertiary alicyclic amines) is 1. The highest BCUT2D eigenvalue weighted by Gasteiger charge is 2.25. The molecule has 1 aliphatic heterocycles. The van der Waals surface area contributed by atoms with Crippen molar-refractivity contribution in [3.05, 3.63) is 30.2 Å². The number of fused-ring (bicyclic) bond motifs is 1. The molecule has 1 saturated heterocycles. The van der Waals surface area contributed by atoms with Crippen LogP contribution < -0.4 is 0 Å². The number of aliphatic hydroxyl groups is 1. The van der Waals surface area contributed by atoms with Crippen LogP contribution in [0.15, 0.2) is 28.7 Å². The zero-order chi connectivity index (χ0) is 16.2. The first kappa shape index (κ1) is 16.4. The Balaban J connectivity index is 1.50. The number of hydrogen-bond acceptors (Lipinski definition) is 5. The zero-order valence-corrected chi connectivity index (χ0v) is 13.9. The normalized spacial score (nSPS) is 18.8. The van der Waals surface area contributed by atoms with Crippen molar-refractivity contribution >= 4 is 11.1 Å². The summed E-state index contributed by atoms with van der Waals surface area (Å²) in [6.07, 6.45) is 1.78. The van der Waals surface area contributed by atoms with Gasteiger partial charge in [0.05, 0.1) is 18.8 Å². The summed E-state index contributed by atoms with van der Waals surface area (Å²) in [5.74, 6) is 1.23. The number of oxazole rings is 1. The second-order valence-electron chi connectivity index (χ2n) is 6.63. The zero-order valence-electron chi connectivity index (χ0n) is 13.9. The molecule has 1 unspecified atom stereocenters. The molecule has 1 fully saturated rings. The van der Waals surface area contributed by atoms with E-state index in [1.165, 1.54) is 0 Å². The molecule has 0 amide bonds. The van der Waals surface area contributed by atoms with Crippen molar-refractivity contribution in [2.45, 2.75) is 44.8 Å². The highest BCUT2D eigenvalue weighted by Crippen LogP contribution is 2.29. The first-order valence-electron chi connectivity index (χ1n) is 8.49. The molecule has 0 aliphatic carbocycles. The number of benzene rings is 1. The third-order valence-electron chi connectivity index (χ3n) is 4.34. The van der Waals surface area contributed by atoms with E-state index < -0.39 is 6.10 Å². The molecule has 5 nitrogen and oxygen atoms in total. The maximum atomic E-state index is 10.0. The summed E-state index contributed by atoms with van der Waals surface area (Å²) in [6.45, 7) is 6.97. The summed E-state index contributed by atoms with van der Waals surface area (Å²) in [4.78, 5) is 6.92. The number of ether oxygens (including phenoxy) is 1. The van der Waals surface area contributed by atoms with Crippen LogP contribution in [0.3, 0.4) is 0 Å². The number of aliphatic hydroxyl groups excluding tert-OH is 1. The van der Waals surface area contributed by atoms with E-state index in [1.54, 1.807) is 0 Å². The van der Waals surface area contributed by atoms with Crippen molar-refractivity contribution in [3.63, 3.8) is 0 Å². The van der Waals surface area contributed by atoms with E-state index in [9.17, 15) is 5.11 Å². The summed E-state index contributed by atoms with van der Waals surface area (Å²) in [6, 6.07) is 7.91. The largest absolute Gasteiger partial charge is 0.440 e. The molecule has 1 aromatic heterocycles. The van der Waals surface area contributed by atoms with Crippen molar-refractivity contribution < 1.29 is 14.3 Å². The molecule has 0 radical (unpaired) electrons. The number of nitrogens with zero attached hydrogens (tertiary/aromatic N) is 2. The Hall–Kier alpha value is -1.43. The minimum absolute atomic E-state index is 0.162.